The minimum atomic E-state index is 0.275. The van der Waals surface area contributed by atoms with Crippen LogP contribution < -0.4 is 16.6 Å². The van der Waals surface area contributed by atoms with Gasteiger partial charge in [-0.05, 0) is 6.92 Å². The van der Waals surface area contributed by atoms with Gasteiger partial charge in [0.15, 0.2) is 0 Å². The van der Waals surface area contributed by atoms with Gasteiger partial charge in [0, 0.05) is 17.3 Å². The van der Waals surface area contributed by atoms with Crippen molar-refractivity contribution in [1.82, 2.24) is 29.5 Å². The third kappa shape index (κ3) is 2.95. The Balaban J connectivity index is 1.84. The van der Waals surface area contributed by atoms with E-state index in [1.54, 1.807) is 34.6 Å². The lowest BCUT2D eigenvalue weighted by molar-refractivity contribution is 0.888. The molecule has 3 heterocycles. The zero-order chi connectivity index (χ0) is 14.7. The first-order chi connectivity index (χ1) is 10.3. The zero-order valence-electron chi connectivity index (χ0n) is 11.2. The lowest BCUT2D eigenvalue weighted by atomic mass is 10.4. The van der Waals surface area contributed by atoms with Crippen LogP contribution in [-0.2, 0) is 6.54 Å². The maximum absolute atomic E-state index is 5.39. The first-order valence-corrected chi connectivity index (χ1v) is 6.98. The first kappa shape index (κ1) is 13.4. The molecule has 0 fully saturated rings. The molecule has 3 aromatic heterocycles. The molecule has 0 saturated carbocycles. The molecule has 0 aliphatic carbocycles. The Bertz CT molecular complexity index is 721. The molecule has 21 heavy (non-hydrogen) atoms. The highest BCUT2D eigenvalue weighted by Crippen LogP contribution is 2.14. The van der Waals surface area contributed by atoms with Crippen LogP contribution in [0.25, 0.3) is 5.95 Å². The number of hydrogen-bond donors (Lipinski definition) is 3. The molecule has 0 bridgehead atoms. The van der Waals surface area contributed by atoms with Gasteiger partial charge in [-0.3, -0.25) is 9.99 Å². The van der Waals surface area contributed by atoms with Crippen LogP contribution in [0.2, 0.25) is 0 Å². The van der Waals surface area contributed by atoms with Gasteiger partial charge in [-0.15, -0.1) is 11.3 Å². The van der Waals surface area contributed by atoms with Crippen molar-refractivity contribution in [3.05, 3.63) is 34.8 Å². The van der Waals surface area contributed by atoms with Crippen LogP contribution in [0.3, 0.4) is 0 Å². The summed E-state index contributed by atoms with van der Waals surface area (Å²) < 4.78 is 1.67. The maximum Gasteiger partial charge on any atom is 0.243 e. The normalized spacial score (nSPS) is 10.6. The Morgan fingerprint density at radius 1 is 1.29 bits per heavy atom. The number of nitrogens with two attached hydrogens (primary N) is 1. The summed E-state index contributed by atoms with van der Waals surface area (Å²) in [5.74, 6) is 6.52. The number of imidazole rings is 1. The van der Waals surface area contributed by atoms with E-state index in [2.05, 4.69) is 35.7 Å². The second kappa shape index (κ2) is 5.81. The average molecular weight is 303 g/mol. The summed E-state index contributed by atoms with van der Waals surface area (Å²) in [6.45, 7) is 2.55. The Morgan fingerprint density at radius 2 is 2.14 bits per heavy atom. The molecule has 4 N–H and O–H groups in total. The highest BCUT2D eigenvalue weighted by atomic mass is 32.1. The van der Waals surface area contributed by atoms with Crippen LogP contribution in [0.5, 0.6) is 0 Å². The molecule has 108 valence electrons. The molecular formula is C11H13N9S. The summed E-state index contributed by atoms with van der Waals surface area (Å²) in [4.78, 5) is 22.0. The highest BCUT2D eigenvalue weighted by molar-refractivity contribution is 7.09. The number of hydrazine groups is 1. The SMILES string of the molecule is Cc1ncsc1CNc1nc(NN)nc(-n2ccnc2)n1. The van der Waals surface area contributed by atoms with E-state index in [0.29, 0.717) is 18.4 Å². The number of thiazole rings is 1. The molecule has 0 spiro atoms. The number of aromatic nitrogens is 6. The quantitative estimate of drug-likeness (QED) is 0.466. The molecule has 0 saturated heterocycles. The molecule has 0 aliphatic rings. The van der Waals surface area contributed by atoms with Gasteiger partial charge in [-0.25, -0.2) is 15.8 Å². The molecular weight excluding hydrogens is 290 g/mol. The summed E-state index contributed by atoms with van der Waals surface area (Å²) in [5.41, 5.74) is 5.23. The summed E-state index contributed by atoms with van der Waals surface area (Å²) in [6.07, 6.45) is 4.99. The highest BCUT2D eigenvalue weighted by Gasteiger charge is 2.08. The third-order valence-corrected chi connectivity index (χ3v) is 3.68. The van der Waals surface area contributed by atoms with E-state index in [0.717, 1.165) is 10.6 Å². The van der Waals surface area contributed by atoms with Gasteiger partial charge in [0.05, 0.1) is 17.7 Å². The minimum Gasteiger partial charge on any atom is -0.349 e. The Kier molecular flexibility index (Phi) is 3.71. The number of anilines is 2. The van der Waals surface area contributed by atoms with Gasteiger partial charge in [-0.1, -0.05) is 0 Å². The van der Waals surface area contributed by atoms with E-state index in [-0.39, 0.29) is 5.95 Å². The molecule has 0 aliphatic heterocycles. The zero-order valence-corrected chi connectivity index (χ0v) is 12.0. The topological polar surface area (TPSA) is 119 Å². The monoisotopic (exact) mass is 303 g/mol. The predicted octanol–water partition coefficient (Wildman–Crippen LogP) is 0.720. The van der Waals surface area contributed by atoms with Crippen molar-refractivity contribution in [2.24, 2.45) is 5.84 Å². The fraction of sp³-hybridized carbons (Fsp3) is 0.182. The van der Waals surface area contributed by atoms with Crippen molar-refractivity contribution in [2.75, 3.05) is 10.7 Å². The smallest absolute Gasteiger partial charge is 0.243 e. The van der Waals surface area contributed by atoms with Crippen molar-refractivity contribution < 1.29 is 0 Å². The molecule has 0 amide bonds. The van der Waals surface area contributed by atoms with Crippen molar-refractivity contribution >= 4 is 23.2 Å². The molecule has 9 nitrogen and oxygen atoms in total. The van der Waals surface area contributed by atoms with Gasteiger partial charge >= 0.3 is 0 Å². The number of hydrogen-bond acceptors (Lipinski definition) is 9. The largest absolute Gasteiger partial charge is 0.349 e. The van der Waals surface area contributed by atoms with E-state index >= 15 is 0 Å². The fourth-order valence-corrected chi connectivity index (χ4v) is 2.37. The van der Waals surface area contributed by atoms with Crippen LogP contribution in [-0.4, -0.2) is 29.5 Å². The summed E-state index contributed by atoms with van der Waals surface area (Å²) in [5, 5.41) is 3.14. The predicted molar refractivity (Wildman–Crippen MR) is 78.9 cm³/mol. The van der Waals surface area contributed by atoms with Crippen molar-refractivity contribution in [3.8, 4) is 5.95 Å². The summed E-state index contributed by atoms with van der Waals surface area (Å²) in [7, 11) is 0. The second-order valence-corrected chi connectivity index (χ2v) is 5.05. The van der Waals surface area contributed by atoms with Gasteiger partial charge in [0.1, 0.15) is 6.33 Å². The summed E-state index contributed by atoms with van der Waals surface area (Å²) >= 11 is 1.58. The van der Waals surface area contributed by atoms with Crippen LogP contribution in [0.1, 0.15) is 10.6 Å². The molecule has 10 heteroatoms. The number of nitrogen functional groups attached to an aromatic ring is 1. The minimum absolute atomic E-state index is 0.275. The summed E-state index contributed by atoms with van der Waals surface area (Å²) in [6, 6.07) is 0. The molecule has 3 aromatic rings. The van der Waals surface area contributed by atoms with Gasteiger partial charge < -0.3 is 5.32 Å². The van der Waals surface area contributed by atoms with Gasteiger partial charge in [-0.2, -0.15) is 15.0 Å². The van der Waals surface area contributed by atoms with Gasteiger partial charge in [0.2, 0.25) is 17.8 Å². The number of aryl methyl sites for hydroxylation is 1. The number of rotatable bonds is 5. The van der Waals surface area contributed by atoms with Crippen molar-refractivity contribution in [1.29, 1.82) is 0 Å². The molecule has 0 aromatic carbocycles. The first-order valence-electron chi connectivity index (χ1n) is 6.10. The van der Waals surface area contributed by atoms with E-state index < -0.39 is 0 Å². The average Bonchev–Trinajstić information content (AvgIpc) is 3.16. The van der Waals surface area contributed by atoms with E-state index in [1.165, 1.54) is 0 Å². The Hall–Kier alpha value is -2.59. The third-order valence-electron chi connectivity index (χ3n) is 2.74. The second-order valence-electron chi connectivity index (χ2n) is 4.11. The van der Waals surface area contributed by atoms with E-state index in [9.17, 15) is 0 Å². The van der Waals surface area contributed by atoms with E-state index in [1.807, 2.05) is 12.4 Å². The maximum atomic E-state index is 5.39. The van der Waals surface area contributed by atoms with Crippen LogP contribution in [0, 0.1) is 6.92 Å². The molecule has 0 atom stereocenters. The van der Waals surface area contributed by atoms with Crippen LogP contribution >= 0.6 is 11.3 Å². The lowest BCUT2D eigenvalue weighted by Gasteiger charge is -2.08. The number of nitrogens with one attached hydrogen (secondary N) is 2. The fourth-order valence-electron chi connectivity index (χ4n) is 1.66. The van der Waals surface area contributed by atoms with E-state index in [4.69, 9.17) is 5.84 Å². The lowest BCUT2D eigenvalue weighted by Crippen LogP contribution is -2.15. The Labute approximate surface area is 124 Å². The standard InChI is InChI=1S/C11H13N9S/c1-7-8(21-6-15-7)4-14-9-16-10(19-12)18-11(17-9)20-3-2-13-5-20/h2-3,5-6H,4,12H2,1H3,(H2,14,16,17,18,19). The molecule has 0 unspecified atom stereocenters. The number of nitrogens with zero attached hydrogens (tertiary/aromatic N) is 6. The van der Waals surface area contributed by atoms with Gasteiger partial charge in [0.25, 0.3) is 0 Å². The van der Waals surface area contributed by atoms with Crippen molar-refractivity contribution in [3.63, 3.8) is 0 Å². The van der Waals surface area contributed by atoms with Crippen LogP contribution in [0.4, 0.5) is 11.9 Å². The van der Waals surface area contributed by atoms with Crippen molar-refractivity contribution in [2.45, 2.75) is 13.5 Å². The molecule has 0 radical (unpaired) electrons. The Morgan fingerprint density at radius 3 is 2.81 bits per heavy atom. The molecule has 3 rings (SSSR count). The van der Waals surface area contributed by atoms with Crippen LogP contribution in [0.15, 0.2) is 24.2 Å².